The minimum absolute atomic E-state index is 0.565. The number of aromatic nitrogens is 7. The highest BCUT2D eigenvalue weighted by atomic mass is 28.3. The van der Waals surface area contributed by atoms with Crippen molar-refractivity contribution in [1.29, 1.82) is 0 Å². The largest absolute Gasteiger partial charge is 0.339 e. The third-order valence-corrected chi connectivity index (χ3v) is 13.4. The van der Waals surface area contributed by atoms with Crippen molar-refractivity contribution >= 4 is 34.8 Å². The van der Waals surface area contributed by atoms with Crippen LogP contribution in [0.4, 0.5) is 0 Å². The summed E-state index contributed by atoms with van der Waals surface area (Å²) in [7, 11) is -2.80. The summed E-state index contributed by atoms with van der Waals surface area (Å²) in [6, 6.07) is 44.6. The third kappa shape index (κ3) is 3.97. The van der Waals surface area contributed by atoms with Crippen molar-refractivity contribution in [1.82, 2.24) is 34.1 Å². The van der Waals surface area contributed by atoms with E-state index in [0.717, 1.165) is 33.5 Å². The maximum atomic E-state index is 5.18. The molecule has 9 rings (SSSR count). The zero-order valence-electron chi connectivity index (χ0n) is 24.6. The smallest absolute Gasteiger partial charge is 0.259 e. The molecule has 8 heteroatoms. The molecule has 0 saturated heterocycles. The number of hydrogen-bond acceptors (Lipinski definition) is 6. The summed E-state index contributed by atoms with van der Waals surface area (Å²) in [5.74, 6) is 2.75. The monoisotopic (exact) mass is 607 g/mol. The molecule has 5 heterocycles. The molecule has 46 heavy (non-hydrogen) atoms. The molecule has 1 aliphatic rings. The van der Waals surface area contributed by atoms with E-state index in [1.807, 2.05) is 24.3 Å². The Labute approximate surface area is 266 Å². The van der Waals surface area contributed by atoms with Gasteiger partial charge in [-0.15, -0.1) is 0 Å². The number of hydrogen-bond donors (Lipinski definition) is 0. The first-order valence-electron chi connectivity index (χ1n) is 15.1. The lowest BCUT2D eigenvalue weighted by atomic mass is 10.2. The first kappa shape index (κ1) is 26.3. The molecule has 1 unspecified atom stereocenters. The molecule has 4 aromatic heterocycles. The van der Waals surface area contributed by atoms with Gasteiger partial charge in [-0.25, -0.2) is 19.9 Å². The number of rotatable bonds is 5. The highest BCUT2D eigenvalue weighted by molar-refractivity contribution is 7.12. The second kappa shape index (κ2) is 10.5. The first-order chi connectivity index (χ1) is 22.8. The Morgan fingerprint density at radius 2 is 1.04 bits per heavy atom. The second-order valence-corrected chi connectivity index (χ2v) is 14.8. The van der Waals surface area contributed by atoms with Crippen LogP contribution in [0.15, 0.2) is 152 Å². The molecule has 4 aromatic carbocycles. The van der Waals surface area contributed by atoms with E-state index in [-0.39, 0.29) is 0 Å². The van der Waals surface area contributed by atoms with Crippen molar-refractivity contribution in [3.05, 3.63) is 152 Å². The van der Waals surface area contributed by atoms with Crippen molar-refractivity contribution in [2.24, 2.45) is 0 Å². The minimum Gasteiger partial charge on any atom is -0.339 e. The van der Waals surface area contributed by atoms with Crippen LogP contribution in [0, 0.1) is 0 Å². The van der Waals surface area contributed by atoms with Gasteiger partial charge in [0.1, 0.15) is 5.82 Å². The fourth-order valence-electron chi connectivity index (χ4n) is 6.69. The Kier molecular flexibility index (Phi) is 6.00. The van der Waals surface area contributed by atoms with Crippen LogP contribution in [0.5, 0.6) is 0 Å². The summed E-state index contributed by atoms with van der Waals surface area (Å²) in [5.41, 5.74) is 5.90. The molecule has 0 saturated carbocycles. The summed E-state index contributed by atoms with van der Waals surface area (Å²) in [5, 5.41) is 3.89. The normalized spacial score (nSPS) is 15.0. The summed E-state index contributed by atoms with van der Waals surface area (Å²) >= 11 is 0. The van der Waals surface area contributed by atoms with E-state index in [2.05, 4.69) is 117 Å². The van der Waals surface area contributed by atoms with Crippen LogP contribution >= 0.6 is 0 Å². The lowest BCUT2D eigenvalue weighted by Crippen LogP contribution is -2.70. The molecular formula is C38H25N7Si. The average molecular weight is 608 g/mol. The van der Waals surface area contributed by atoms with Crippen molar-refractivity contribution < 1.29 is 0 Å². The van der Waals surface area contributed by atoms with Crippen LogP contribution in [0.25, 0.3) is 56.6 Å². The number of para-hydroxylation sites is 2. The Morgan fingerprint density at radius 1 is 0.457 bits per heavy atom. The molecule has 0 spiro atoms. The van der Waals surface area contributed by atoms with Crippen LogP contribution in [0.1, 0.15) is 0 Å². The topological polar surface area (TPSA) is 82.3 Å². The number of nitrogens with zero attached hydrogens (tertiary/aromatic N) is 7. The van der Waals surface area contributed by atoms with E-state index >= 15 is 0 Å². The number of imidazole rings is 1. The van der Waals surface area contributed by atoms with Crippen molar-refractivity contribution in [2.75, 3.05) is 0 Å². The van der Waals surface area contributed by atoms with Crippen LogP contribution in [0.2, 0.25) is 0 Å². The van der Waals surface area contributed by atoms with Gasteiger partial charge in [0.15, 0.2) is 17.5 Å². The number of benzene rings is 4. The van der Waals surface area contributed by atoms with Gasteiger partial charge in [-0.3, -0.25) is 9.97 Å². The lowest BCUT2D eigenvalue weighted by molar-refractivity contribution is 1.07. The van der Waals surface area contributed by atoms with Crippen LogP contribution < -0.4 is 15.6 Å². The van der Waals surface area contributed by atoms with E-state index in [9.17, 15) is 0 Å². The molecule has 1 atom stereocenters. The lowest BCUT2D eigenvalue weighted by Gasteiger charge is -2.32. The SMILES string of the molecule is c1ccc([Si]2(c3ccc(-c4nc(-c5cccnc5)nc(-c5cccnc5)n4)cc3)c3ccccc3-c3nc4ccccc4n32)cc1. The van der Waals surface area contributed by atoms with Crippen molar-refractivity contribution in [3.8, 4) is 45.6 Å². The molecule has 0 bridgehead atoms. The molecule has 0 radical (unpaired) electrons. The summed E-state index contributed by atoms with van der Waals surface area (Å²) in [4.78, 5) is 28.4. The number of fused-ring (bicyclic) bond motifs is 5. The van der Waals surface area contributed by atoms with Gasteiger partial charge in [0.25, 0.3) is 8.24 Å². The van der Waals surface area contributed by atoms with Gasteiger partial charge in [0.05, 0.1) is 11.0 Å². The van der Waals surface area contributed by atoms with E-state index < -0.39 is 8.24 Å². The molecule has 0 aliphatic carbocycles. The summed E-state index contributed by atoms with van der Waals surface area (Å²) < 4.78 is 2.54. The highest BCUT2D eigenvalue weighted by Crippen LogP contribution is 2.35. The predicted molar refractivity (Wildman–Crippen MR) is 183 cm³/mol. The van der Waals surface area contributed by atoms with Crippen molar-refractivity contribution in [3.63, 3.8) is 0 Å². The molecule has 7 nitrogen and oxygen atoms in total. The van der Waals surface area contributed by atoms with E-state index in [4.69, 9.17) is 19.9 Å². The van der Waals surface area contributed by atoms with Gasteiger partial charge in [-0.05, 0) is 52.0 Å². The van der Waals surface area contributed by atoms with Gasteiger partial charge in [0.2, 0.25) is 0 Å². The first-order valence-corrected chi connectivity index (χ1v) is 17.1. The zero-order chi connectivity index (χ0) is 30.5. The second-order valence-electron chi connectivity index (χ2n) is 11.2. The quantitative estimate of drug-likeness (QED) is 0.240. The fourth-order valence-corrected chi connectivity index (χ4v) is 11.7. The molecule has 8 aromatic rings. The van der Waals surface area contributed by atoms with Gasteiger partial charge in [-0.2, -0.15) is 0 Å². The highest BCUT2D eigenvalue weighted by Gasteiger charge is 2.50. The van der Waals surface area contributed by atoms with Crippen molar-refractivity contribution in [2.45, 2.75) is 0 Å². The Hall–Kier alpha value is -6.12. The summed E-state index contributed by atoms with van der Waals surface area (Å²) in [6.45, 7) is 0. The molecule has 0 fully saturated rings. The molecule has 0 N–H and O–H groups in total. The molecule has 1 aliphatic heterocycles. The number of pyridine rings is 2. The van der Waals surface area contributed by atoms with Gasteiger partial charge >= 0.3 is 0 Å². The molecular weight excluding hydrogens is 583 g/mol. The van der Waals surface area contributed by atoms with Crippen LogP contribution in [-0.2, 0) is 0 Å². The van der Waals surface area contributed by atoms with E-state index in [0.29, 0.717) is 17.5 Å². The maximum absolute atomic E-state index is 5.18. The van der Waals surface area contributed by atoms with E-state index in [1.165, 1.54) is 21.1 Å². The molecule has 216 valence electrons. The van der Waals surface area contributed by atoms with Gasteiger partial charge < -0.3 is 4.23 Å². The maximum Gasteiger partial charge on any atom is 0.259 e. The predicted octanol–water partition coefficient (Wildman–Crippen LogP) is 5.51. The Balaban J connectivity index is 1.26. The van der Waals surface area contributed by atoms with E-state index in [1.54, 1.807) is 24.8 Å². The van der Waals surface area contributed by atoms with Crippen LogP contribution in [-0.4, -0.2) is 42.4 Å². The van der Waals surface area contributed by atoms with Gasteiger partial charge in [-0.1, -0.05) is 91.0 Å². The zero-order valence-corrected chi connectivity index (χ0v) is 25.6. The summed E-state index contributed by atoms with van der Waals surface area (Å²) in [6.07, 6.45) is 7.04. The average Bonchev–Trinajstić information content (AvgIpc) is 3.66. The Bertz CT molecular complexity index is 2300. The standard InChI is InChI=1S/C38H25N7Si/c1-2-12-29(13-3-1)46(34-17-7-4-14-31(34)38-41-32-15-5-6-16-33(32)45(38)46)30-20-18-26(19-21-30)35-42-36(27-10-8-22-39-24-27)44-37(43-35)28-11-9-23-40-25-28/h1-25H. The van der Waals surface area contributed by atoms with Crippen LogP contribution in [0.3, 0.4) is 0 Å². The van der Waals surface area contributed by atoms with Gasteiger partial charge in [0, 0.05) is 47.0 Å². The minimum atomic E-state index is -2.80. The fraction of sp³-hybridized carbons (Fsp3) is 0. The Morgan fingerprint density at radius 3 is 1.72 bits per heavy atom. The molecule has 0 amide bonds. The third-order valence-electron chi connectivity index (χ3n) is 8.68.